The van der Waals surface area contributed by atoms with E-state index in [0.29, 0.717) is 11.3 Å². The number of nitrogens with zero attached hydrogens (tertiary/aromatic N) is 1. The second-order valence-corrected chi connectivity index (χ2v) is 6.30. The van der Waals surface area contributed by atoms with E-state index < -0.39 is 18.2 Å². The summed E-state index contributed by atoms with van der Waals surface area (Å²) in [6, 6.07) is 6.83. The monoisotopic (exact) mass is 321 g/mol. The largest absolute Gasteiger partial charge is 0.490 e. The zero-order chi connectivity index (χ0) is 16.4. The van der Waals surface area contributed by atoms with Crippen LogP contribution in [0.2, 0.25) is 0 Å². The first-order valence-corrected chi connectivity index (χ1v) is 7.96. The Morgan fingerprint density at radius 1 is 1.30 bits per heavy atom. The average molecular weight is 321 g/mol. The lowest BCUT2D eigenvalue weighted by Crippen LogP contribution is -2.38. The topological polar surface area (TPSA) is 66.8 Å². The SMILES string of the molecule is O=C(c1cccc(OC2CCCC2)c1)N1CCC(F)(C(=O)O)C1. The molecule has 1 aliphatic carbocycles. The molecule has 1 saturated heterocycles. The molecule has 6 heteroatoms. The van der Waals surface area contributed by atoms with Crippen LogP contribution < -0.4 is 4.74 Å². The standard InChI is InChI=1S/C17H20FNO4/c18-17(16(21)22)8-9-19(11-17)15(20)12-4-3-7-14(10-12)23-13-5-1-2-6-13/h3-4,7,10,13H,1-2,5-6,8-9,11H2,(H,21,22). The molecule has 1 heterocycles. The van der Waals surface area contributed by atoms with Gasteiger partial charge >= 0.3 is 5.97 Å². The Labute approximate surface area is 134 Å². The number of carboxylic acid groups (broad SMARTS) is 1. The highest BCUT2D eigenvalue weighted by molar-refractivity contribution is 5.95. The Kier molecular flexibility index (Phi) is 4.24. The van der Waals surface area contributed by atoms with E-state index in [1.54, 1.807) is 24.3 Å². The first-order chi connectivity index (χ1) is 11.0. The number of ether oxygens (including phenoxy) is 1. The molecule has 5 nitrogen and oxygen atoms in total. The predicted octanol–water partition coefficient (Wildman–Crippen LogP) is 2.65. The molecule has 1 atom stereocenters. The lowest BCUT2D eigenvalue weighted by molar-refractivity contribution is -0.149. The zero-order valence-corrected chi connectivity index (χ0v) is 12.8. The summed E-state index contributed by atoms with van der Waals surface area (Å²) >= 11 is 0. The van der Waals surface area contributed by atoms with Gasteiger partial charge in [-0.1, -0.05) is 6.07 Å². The van der Waals surface area contributed by atoms with Crippen molar-refractivity contribution in [3.8, 4) is 5.75 Å². The summed E-state index contributed by atoms with van der Waals surface area (Å²) < 4.78 is 20.0. The van der Waals surface area contributed by atoms with Crippen molar-refractivity contribution >= 4 is 11.9 Å². The molecule has 3 rings (SSSR count). The van der Waals surface area contributed by atoms with Gasteiger partial charge in [0, 0.05) is 18.5 Å². The van der Waals surface area contributed by atoms with E-state index in [4.69, 9.17) is 9.84 Å². The number of aliphatic carboxylic acids is 1. The van der Waals surface area contributed by atoms with Crippen LogP contribution in [0.15, 0.2) is 24.3 Å². The fraction of sp³-hybridized carbons (Fsp3) is 0.529. The maximum Gasteiger partial charge on any atom is 0.343 e. The van der Waals surface area contributed by atoms with Gasteiger partial charge in [0.1, 0.15) is 5.75 Å². The fourth-order valence-electron chi connectivity index (χ4n) is 3.20. The molecule has 0 bridgehead atoms. The molecule has 2 aliphatic rings. The van der Waals surface area contributed by atoms with Crippen molar-refractivity contribution in [3.63, 3.8) is 0 Å². The average Bonchev–Trinajstić information content (AvgIpc) is 3.17. The minimum Gasteiger partial charge on any atom is -0.490 e. The minimum absolute atomic E-state index is 0.106. The van der Waals surface area contributed by atoms with Gasteiger partial charge in [0.15, 0.2) is 0 Å². The summed E-state index contributed by atoms with van der Waals surface area (Å²) in [5, 5.41) is 8.91. The Bertz CT molecular complexity index is 614. The maximum absolute atomic E-state index is 14.1. The van der Waals surface area contributed by atoms with Crippen LogP contribution in [0.25, 0.3) is 0 Å². The van der Waals surface area contributed by atoms with E-state index in [-0.39, 0.29) is 25.0 Å². The van der Waals surface area contributed by atoms with Crippen LogP contribution >= 0.6 is 0 Å². The van der Waals surface area contributed by atoms with E-state index >= 15 is 0 Å². The molecular weight excluding hydrogens is 301 g/mol. The van der Waals surface area contributed by atoms with Crippen LogP contribution in [-0.2, 0) is 4.79 Å². The number of hydrogen-bond acceptors (Lipinski definition) is 3. The molecule has 1 aromatic rings. The number of carbonyl (C=O) groups is 2. The highest BCUT2D eigenvalue weighted by atomic mass is 19.1. The molecular formula is C17H20FNO4. The molecule has 1 saturated carbocycles. The Balaban J connectivity index is 1.69. The van der Waals surface area contributed by atoms with Gasteiger partial charge in [-0.3, -0.25) is 4.79 Å². The molecule has 0 spiro atoms. The summed E-state index contributed by atoms with van der Waals surface area (Å²) in [6.07, 6.45) is 4.38. The third kappa shape index (κ3) is 3.30. The van der Waals surface area contributed by atoms with Crippen molar-refractivity contribution in [2.45, 2.75) is 43.9 Å². The van der Waals surface area contributed by atoms with Gasteiger partial charge in [-0.05, 0) is 43.9 Å². The third-order valence-electron chi connectivity index (χ3n) is 4.58. The van der Waals surface area contributed by atoms with E-state index in [1.165, 1.54) is 4.90 Å². The van der Waals surface area contributed by atoms with Crippen molar-refractivity contribution in [1.82, 2.24) is 4.90 Å². The Morgan fingerprint density at radius 3 is 2.70 bits per heavy atom. The summed E-state index contributed by atoms with van der Waals surface area (Å²) in [7, 11) is 0. The van der Waals surface area contributed by atoms with Gasteiger partial charge in [0.2, 0.25) is 5.67 Å². The van der Waals surface area contributed by atoms with E-state index in [0.717, 1.165) is 25.7 Å². The number of hydrogen-bond donors (Lipinski definition) is 1. The number of benzene rings is 1. The smallest absolute Gasteiger partial charge is 0.343 e. The molecule has 1 aliphatic heterocycles. The summed E-state index contributed by atoms with van der Waals surface area (Å²) in [5.41, 5.74) is -1.94. The molecule has 124 valence electrons. The van der Waals surface area contributed by atoms with Crippen molar-refractivity contribution < 1.29 is 23.8 Å². The Hall–Kier alpha value is -2.11. The number of carbonyl (C=O) groups excluding carboxylic acids is 1. The lowest BCUT2D eigenvalue weighted by atomic mass is 10.1. The lowest BCUT2D eigenvalue weighted by Gasteiger charge is -2.19. The maximum atomic E-state index is 14.1. The number of likely N-dealkylation sites (tertiary alicyclic amines) is 1. The highest BCUT2D eigenvalue weighted by Crippen LogP contribution is 2.28. The molecule has 2 fully saturated rings. The van der Waals surface area contributed by atoms with Crippen LogP contribution in [0.1, 0.15) is 42.5 Å². The van der Waals surface area contributed by atoms with E-state index in [9.17, 15) is 14.0 Å². The van der Waals surface area contributed by atoms with Crippen LogP contribution in [0, 0.1) is 0 Å². The summed E-state index contributed by atoms with van der Waals surface area (Å²) in [6.45, 7) is -0.301. The second kappa shape index (κ2) is 6.18. The van der Waals surface area contributed by atoms with Crippen LogP contribution in [0.5, 0.6) is 5.75 Å². The normalized spacial score (nSPS) is 24.8. The Morgan fingerprint density at radius 2 is 2.04 bits per heavy atom. The van der Waals surface area contributed by atoms with Gasteiger partial charge < -0.3 is 14.7 Å². The molecule has 0 radical (unpaired) electrons. The van der Waals surface area contributed by atoms with Gasteiger partial charge in [-0.15, -0.1) is 0 Å². The van der Waals surface area contributed by atoms with E-state index in [2.05, 4.69) is 0 Å². The fourth-order valence-corrected chi connectivity index (χ4v) is 3.20. The quantitative estimate of drug-likeness (QED) is 0.926. The minimum atomic E-state index is -2.34. The molecule has 23 heavy (non-hydrogen) atoms. The number of rotatable bonds is 4. The third-order valence-corrected chi connectivity index (χ3v) is 4.58. The van der Waals surface area contributed by atoms with Crippen molar-refractivity contribution in [2.75, 3.05) is 13.1 Å². The summed E-state index contributed by atoms with van der Waals surface area (Å²) in [5.74, 6) is -1.24. The van der Waals surface area contributed by atoms with Gasteiger partial charge in [0.05, 0.1) is 12.6 Å². The first kappa shape index (κ1) is 15.8. The van der Waals surface area contributed by atoms with Gasteiger partial charge in [-0.25, -0.2) is 9.18 Å². The van der Waals surface area contributed by atoms with E-state index in [1.807, 2.05) is 0 Å². The van der Waals surface area contributed by atoms with Crippen molar-refractivity contribution in [2.24, 2.45) is 0 Å². The number of amides is 1. The summed E-state index contributed by atoms with van der Waals surface area (Å²) in [4.78, 5) is 24.7. The van der Waals surface area contributed by atoms with Gasteiger partial charge in [-0.2, -0.15) is 0 Å². The molecule has 0 aromatic heterocycles. The molecule has 1 unspecified atom stereocenters. The van der Waals surface area contributed by atoms with Gasteiger partial charge in [0.25, 0.3) is 5.91 Å². The first-order valence-electron chi connectivity index (χ1n) is 7.96. The van der Waals surface area contributed by atoms with Crippen LogP contribution in [0.3, 0.4) is 0 Å². The molecule has 1 amide bonds. The predicted molar refractivity (Wildman–Crippen MR) is 81.3 cm³/mol. The van der Waals surface area contributed by atoms with Crippen molar-refractivity contribution in [1.29, 1.82) is 0 Å². The second-order valence-electron chi connectivity index (χ2n) is 6.30. The van der Waals surface area contributed by atoms with Crippen LogP contribution in [0.4, 0.5) is 4.39 Å². The number of halogens is 1. The zero-order valence-electron chi connectivity index (χ0n) is 12.8. The molecule has 1 aromatic carbocycles. The van der Waals surface area contributed by atoms with Crippen molar-refractivity contribution in [3.05, 3.63) is 29.8 Å². The molecule has 1 N–H and O–H groups in total. The van der Waals surface area contributed by atoms with Crippen LogP contribution in [-0.4, -0.2) is 46.7 Å². The number of alkyl halides is 1. The highest BCUT2D eigenvalue weighted by Gasteiger charge is 2.47. The number of carboxylic acids is 1.